The van der Waals surface area contributed by atoms with E-state index in [0.717, 1.165) is 3.57 Å². The van der Waals surface area contributed by atoms with Gasteiger partial charge in [-0.25, -0.2) is 0 Å². The van der Waals surface area contributed by atoms with Crippen LogP contribution in [-0.2, 0) is 9.53 Å². The third-order valence-electron chi connectivity index (χ3n) is 2.28. The minimum atomic E-state index is -0.473. The molecule has 2 rings (SSSR count). The summed E-state index contributed by atoms with van der Waals surface area (Å²) in [5.41, 5.74) is 0.573. The molecule has 1 atom stereocenters. The van der Waals surface area contributed by atoms with Crippen molar-refractivity contribution in [2.24, 2.45) is 0 Å². The Labute approximate surface area is 106 Å². The smallest absolute Gasteiger partial charge is 0.307 e. The molecule has 5 heteroatoms. The predicted molar refractivity (Wildman–Crippen MR) is 65.7 cm³/mol. The van der Waals surface area contributed by atoms with Crippen molar-refractivity contribution >= 4 is 34.5 Å². The highest BCUT2D eigenvalue weighted by Gasteiger charge is 2.24. The largest absolute Gasteiger partial charge is 0.442 e. The van der Waals surface area contributed by atoms with Crippen LogP contribution in [0, 0.1) is 3.57 Å². The Morgan fingerprint density at radius 3 is 2.62 bits per heavy atom. The maximum Gasteiger partial charge on any atom is 0.307 e. The van der Waals surface area contributed by atoms with Crippen molar-refractivity contribution in [3.63, 3.8) is 0 Å². The van der Waals surface area contributed by atoms with Crippen LogP contribution in [0.25, 0.3) is 0 Å². The van der Waals surface area contributed by atoms with E-state index in [0.29, 0.717) is 18.4 Å². The first kappa shape index (κ1) is 11.4. The second kappa shape index (κ2) is 4.82. The molecule has 0 radical (unpaired) electrons. The van der Waals surface area contributed by atoms with Gasteiger partial charge in [0.25, 0.3) is 5.91 Å². The average Bonchev–Trinajstić information content (AvgIpc) is 2.65. The fourth-order valence-electron chi connectivity index (χ4n) is 1.46. The molecule has 84 valence electrons. The molecule has 1 saturated heterocycles. The third kappa shape index (κ3) is 2.72. The zero-order valence-corrected chi connectivity index (χ0v) is 10.6. The number of benzene rings is 1. The number of esters is 1. The lowest BCUT2D eigenvalue weighted by molar-refractivity contribution is -0.141. The molecule has 1 unspecified atom stereocenters. The van der Waals surface area contributed by atoms with Crippen LogP contribution < -0.4 is 5.32 Å². The highest BCUT2D eigenvalue weighted by Crippen LogP contribution is 2.12. The number of nitrogens with one attached hydrogen (secondary N) is 1. The van der Waals surface area contributed by atoms with E-state index in [1.165, 1.54) is 0 Å². The summed E-state index contributed by atoms with van der Waals surface area (Å²) in [5.74, 6) is -0.469. The van der Waals surface area contributed by atoms with Crippen LogP contribution in [0.1, 0.15) is 23.2 Å². The molecule has 1 aliphatic rings. The minimum Gasteiger partial charge on any atom is -0.442 e. The summed E-state index contributed by atoms with van der Waals surface area (Å²) in [7, 11) is 0. The number of halogens is 1. The van der Waals surface area contributed by atoms with E-state index in [1.807, 2.05) is 12.1 Å². The lowest BCUT2D eigenvalue weighted by Gasteiger charge is -2.11. The fraction of sp³-hybridized carbons (Fsp3) is 0.273. The van der Waals surface area contributed by atoms with Crippen LogP contribution in [0.3, 0.4) is 0 Å². The molecule has 0 bridgehead atoms. The maximum absolute atomic E-state index is 11.7. The van der Waals surface area contributed by atoms with Crippen molar-refractivity contribution in [3.8, 4) is 0 Å². The predicted octanol–water partition coefficient (Wildman–Crippen LogP) is 1.68. The standard InChI is InChI=1S/C11H10INO3/c12-8-3-1-7(2-4-8)11(15)13-9-5-6-10(14)16-9/h1-4,9H,5-6H2,(H,13,15). The maximum atomic E-state index is 11.7. The van der Waals surface area contributed by atoms with Crippen LogP contribution in [0.5, 0.6) is 0 Å². The molecule has 0 saturated carbocycles. The molecule has 1 fully saturated rings. The summed E-state index contributed by atoms with van der Waals surface area (Å²) < 4.78 is 5.98. The number of hydrogen-bond donors (Lipinski definition) is 1. The molecule has 1 aliphatic heterocycles. The van der Waals surface area contributed by atoms with Crippen molar-refractivity contribution in [1.29, 1.82) is 0 Å². The highest BCUT2D eigenvalue weighted by molar-refractivity contribution is 14.1. The van der Waals surface area contributed by atoms with E-state index >= 15 is 0 Å². The molecule has 1 amide bonds. The van der Waals surface area contributed by atoms with Gasteiger partial charge in [-0.15, -0.1) is 0 Å². The van der Waals surface area contributed by atoms with Crippen LogP contribution in [0.15, 0.2) is 24.3 Å². The van der Waals surface area contributed by atoms with Crippen LogP contribution in [0.4, 0.5) is 0 Å². The van der Waals surface area contributed by atoms with Gasteiger partial charge in [0.1, 0.15) is 0 Å². The van der Waals surface area contributed by atoms with Gasteiger partial charge in [-0.3, -0.25) is 9.59 Å². The van der Waals surface area contributed by atoms with E-state index < -0.39 is 6.23 Å². The zero-order valence-electron chi connectivity index (χ0n) is 8.40. The number of carbonyl (C=O) groups is 2. The van der Waals surface area contributed by atoms with E-state index in [1.54, 1.807) is 12.1 Å². The molecular formula is C11H10INO3. The Balaban J connectivity index is 1.98. The van der Waals surface area contributed by atoms with Gasteiger partial charge in [0.05, 0.1) is 6.42 Å². The van der Waals surface area contributed by atoms with Crippen molar-refractivity contribution < 1.29 is 14.3 Å². The monoisotopic (exact) mass is 331 g/mol. The lowest BCUT2D eigenvalue weighted by atomic mass is 10.2. The van der Waals surface area contributed by atoms with Crippen LogP contribution in [-0.4, -0.2) is 18.1 Å². The molecule has 0 aromatic heterocycles. The molecule has 1 aromatic carbocycles. The first-order chi connectivity index (χ1) is 7.65. The van der Waals surface area contributed by atoms with Crippen LogP contribution >= 0.6 is 22.6 Å². The zero-order chi connectivity index (χ0) is 11.5. The quantitative estimate of drug-likeness (QED) is 0.663. The number of cyclic esters (lactones) is 1. The first-order valence-corrected chi connectivity index (χ1v) is 5.99. The van der Waals surface area contributed by atoms with E-state index in [2.05, 4.69) is 27.9 Å². The average molecular weight is 331 g/mol. The van der Waals surface area contributed by atoms with Crippen molar-refractivity contribution in [2.45, 2.75) is 19.1 Å². The fourth-order valence-corrected chi connectivity index (χ4v) is 1.82. The molecule has 1 N–H and O–H groups in total. The number of amides is 1. The first-order valence-electron chi connectivity index (χ1n) is 4.91. The Kier molecular flexibility index (Phi) is 3.42. The summed E-state index contributed by atoms with van der Waals surface area (Å²) in [5, 5.41) is 2.66. The Morgan fingerprint density at radius 2 is 2.06 bits per heavy atom. The van der Waals surface area contributed by atoms with Gasteiger partial charge < -0.3 is 10.1 Å². The molecule has 4 nitrogen and oxygen atoms in total. The number of hydrogen-bond acceptors (Lipinski definition) is 3. The van der Waals surface area contributed by atoms with Gasteiger partial charge >= 0.3 is 5.97 Å². The molecule has 0 aliphatic carbocycles. The molecule has 0 spiro atoms. The molecule has 16 heavy (non-hydrogen) atoms. The SMILES string of the molecule is O=C1CCC(NC(=O)c2ccc(I)cc2)O1. The van der Waals surface area contributed by atoms with Crippen molar-refractivity contribution in [1.82, 2.24) is 5.32 Å². The van der Waals surface area contributed by atoms with Crippen molar-refractivity contribution in [3.05, 3.63) is 33.4 Å². The number of ether oxygens (including phenoxy) is 1. The van der Waals surface area contributed by atoms with Gasteiger partial charge in [0.15, 0.2) is 6.23 Å². The van der Waals surface area contributed by atoms with Gasteiger partial charge in [-0.1, -0.05) is 0 Å². The highest BCUT2D eigenvalue weighted by atomic mass is 127. The number of carbonyl (C=O) groups excluding carboxylic acids is 2. The Morgan fingerprint density at radius 1 is 1.38 bits per heavy atom. The van der Waals surface area contributed by atoms with E-state index in [-0.39, 0.29) is 11.9 Å². The molecule has 1 aromatic rings. The number of rotatable bonds is 2. The Hall–Kier alpha value is -1.11. The summed E-state index contributed by atoms with van der Waals surface area (Å²) >= 11 is 2.17. The normalized spacial score (nSPS) is 19.3. The van der Waals surface area contributed by atoms with Gasteiger partial charge in [0.2, 0.25) is 0 Å². The summed E-state index contributed by atoms with van der Waals surface area (Å²) in [6, 6.07) is 7.20. The second-order valence-electron chi connectivity index (χ2n) is 3.50. The minimum absolute atomic E-state index is 0.212. The van der Waals surface area contributed by atoms with Gasteiger partial charge in [-0.05, 0) is 46.9 Å². The second-order valence-corrected chi connectivity index (χ2v) is 4.74. The summed E-state index contributed by atoms with van der Waals surface area (Å²) in [6.45, 7) is 0. The summed E-state index contributed by atoms with van der Waals surface area (Å²) in [6.07, 6.45) is 0.450. The van der Waals surface area contributed by atoms with Crippen molar-refractivity contribution in [2.75, 3.05) is 0 Å². The molecular weight excluding hydrogens is 321 g/mol. The van der Waals surface area contributed by atoms with Crippen LogP contribution in [0.2, 0.25) is 0 Å². The van der Waals surface area contributed by atoms with Gasteiger partial charge in [0, 0.05) is 15.6 Å². The molecule has 1 heterocycles. The topological polar surface area (TPSA) is 55.4 Å². The summed E-state index contributed by atoms with van der Waals surface area (Å²) in [4.78, 5) is 22.6. The Bertz CT molecular complexity index is 416. The van der Waals surface area contributed by atoms with Gasteiger partial charge in [-0.2, -0.15) is 0 Å². The third-order valence-corrected chi connectivity index (χ3v) is 3.00. The van der Waals surface area contributed by atoms with E-state index in [9.17, 15) is 9.59 Å². The van der Waals surface area contributed by atoms with E-state index in [4.69, 9.17) is 4.74 Å². The lowest BCUT2D eigenvalue weighted by Crippen LogP contribution is -2.34.